The van der Waals surface area contributed by atoms with Gasteiger partial charge in [-0.3, -0.25) is 19.9 Å². The van der Waals surface area contributed by atoms with Gasteiger partial charge in [-0.15, -0.1) is 0 Å². The van der Waals surface area contributed by atoms with Crippen LogP contribution < -0.4 is 0 Å². The minimum absolute atomic E-state index is 0.124. The van der Waals surface area contributed by atoms with E-state index in [2.05, 4.69) is 32.0 Å². The number of hydrogen-bond acceptors (Lipinski definition) is 7. The molecule has 7 nitrogen and oxygen atoms in total. The van der Waals surface area contributed by atoms with Crippen molar-refractivity contribution in [1.29, 1.82) is 0 Å². The summed E-state index contributed by atoms with van der Waals surface area (Å²) in [4.78, 5) is 15.5. The van der Waals surface area contributed by atoms with Gasteiger partial charge in [0, 0.05) is 61.5 Å². The van der Waals surface area contributed by atoms with Crippen molar-refractivity contribution in [3.8, 4) is 17.2 Å². The fourth-order valence-electron chi connectivity index (χ4n) is 3.12. The van der Waals surface area contributed by atoms with Crippen molar-refractivity contribution < 1.29 is 15.3 Å². The maximum absolute atomic E-state index is 9.86. The molecule has 0 fully saturated rings. The summed E-state index contributed by atoms with van der Waals surface area (Å²) in [5, 5.41) is 29.2. The molecule has 0 saturated heterocycles. The van der Waals surface area contributed by atoms with E-state index in [-0.39, 0.29) is 17.2 Å². The molecule has 3 aromatic rings. The van der Waals surface area contributed by atoms with Crippen LogP contribution >= 0.6 is 0 Å². The fraction of sp³-hybridized carbons (Fsp3) is 0.222. The maximum Gasteiger partial charge on any atom is 0.133 e. The molecule has 0 atom stereocenters. The molecular weight excluding hydrogens is 428 g/mol. The number of phenols is 2. The molecule has 3 rings (SSSR count). The Kier molecular flexibility index (Phi) is 9.66. The molecule has 0 amide bonds. The molecule has 3 aromatic carbocycles. The molecule has 0 saturated carbocycles. The Morgan fingerprint density at radius 3 is 2.00 bits per heavy atom. The Balaban J connectivity index is 1.53. The lowest BCUT2D eigenvalue weighted by atomic mass is 10.2. The summed E-state index contributed by atoms with van der Waals surface area (Å²) >= 11 is 0. The van der Waals surface area contributed by atoms with E-state index in [9.17, 15) is 15.3 Å². The van der Waals surface area contributed by atoms with Crippen molar-refractivity contribution in [2.45, 2.75) is 0 Å². The molecule has 0 radical (unpaired) electrons. The summed E-state index contributed by atoms with van der Waals surface area (Å²) in [5.41, 5.74) is 2.14. The summed E-state index contributed by atoms with van der Waals surface area (Å²) in [6, 6.07) is 22.6. The molecule has 174 valence electrons. The van der Waals surface area contributed by atoms with Gasteiger partial charge in [-0.05, 0) is 29.8 Å². The fourth-order valence-corrected chi connectivity index (χ4v) is 3.12. The van der Waals surface area contributed by atoms with Crippen LogP contribution in [0.4, 0.5) is 0 Å². The third kappa shape index (κ3) is 8.41. The monoisotopic (exact) mass is 456 g/mol. The average molecular weight is 457 g/mol. The van der Waals surface area contributed by atoms with Crippen LogP contribution in [-0.4, -0.2) is 78.1 Å². The van der Waals surface area contributed by atoms with Crippen LogP contribution in [0, 0.1) is 12.1 Å². The second kappa shape index (κ2) is 13.4. The smallest absolute Gasteiger partial charge is 0.133 e. The first-order valence-electron chi connectivity index (χ1n) is 11.0. The van der Waals surface area contributed by atoms with Crippen LogP contribution in [0.1, 0.15) is 16.7 Å². The van der Waals surface area contributed by atoms with Crippen molar-refractivity contribution >= 4 is 18.6 Å². The molecule has 0 aliphatic heterocycles. The predicted octanol–water partition coefficient (Wildman–Crippen LogP) is 3.36. The Morgan fingerprint density at radius 1 is 0.676 bits per heavy atom. The summed E-state index contributed by atoms with van der Waals surface area (Å²) in [7, 11) is 0. The number of benzene rings is 2. The van der Waals surface area contributed by atoms with Crippen molar-refractivity contribution in [2.24, 2.45) is 15.0 Å². The van der Waals surface area contributed by atoms with E-state index in [0.717, 1.165) is 12.1 Å². The van der Waals surface area contributed by atoms with Gasteiger partial charge in [-0.2, -0.15) is 0 Å². The van der Waals surface area contributed by atoms with Gasteiger partial charge < -0.3 is 15.3 Å². The van der Waals surface area contributed by atoms with Crippen LogP contribution in [0.3, 0.4) is 0 Å². The second-order valence-electron chi connectivity index (χ2n) is 7.52. The number of aromatic hydroxyl groups is 3. The number of hydrogen-bond donors (Lipinski definition) is 3. The zero-order valence-corrected chi connectivity index (χ0v) is 18.9. The highest BCUT2D eigenvalue weighted by Crippen LogP contribution is 2.13. The highest BCUT2D eigenvalue weighted by Gasteiger charge is 2.04. The highest BCUT2D eigenvalue weighted by atomic mass is 16.3. The SMILES string of the molecule is Oc1cccc(C=NCCN(CCN=Cc2cc#ccc2O)CCN=Cc2ccccc2O)c1. The molecule has 0 unspecified atom stereocenters. The molecule has 34 heavy (non-hydrogen) atoms. The maximum atomic E-state index is 9.86. The largest absolute Gasteiger partial charge is 0.508 e. The van der Waals surface area contributed by atoms with Gasteiger partial charge in [0.25, 0.3) is 0 Å². The number of para-hydroxylation sites is 1. The van der Waals surface area contributed by atoms with E-state index in [1.54, 1.807) is 55.0 Å². The van der Waals surface area contributed by atoms with Crippen LogP contribution in [0.25, 0.3) is 0 Å². The normalized spacial score (nSPS) is 11.7. The Bertz CT molecular complexity index is 1070. The topological polar surface area (TPSA) is 101 Å². The number of phenolic OH excluding ortho intramolecular Hbond substituents is 2. The van der Waals surface area contributed by atoms with E-state index in [1.165, 1.54) is 6.07 Å². The number of nitrogens with zero attached hydrogens (tertiary/aromatic N) is 4. The molecular formula is C27H28N4O3. The van der Waals surface area contributed by atoms with E-state index in [1.807, 2.05) is 18.2 Å². The Labute approximate surface area is 200 Å². The zero-order valence-electron chi connectivity index (χ0n) is 18.9. The van der Waals surface area contributed by atoms with Gasteiger partial charge in [0.1, 0.15) is 17.2 Å². The van der Waals surface area contributed by atoms with Gasteiger partial charge in [-0.25, -0.2) is 0 Å². The molecule has 0 bridgehead atoms. The molecule has 0 spiro atoms. The quantitative estimate of drug-likeness (QED) is 0.364. The van der Waals surface area contributed by atoms with E-state index < -0.39 is 0 Å². The van der Waals surface area contributed by atoms with Crippen LogP contribution in [-0.2, 0) is 0 Å². The lowest BCUT2D eigenvalue weighted by Crippen LogP contribution is -2.31. The van der Waals surface area contributed by atoms with Gasteiger partial charge in [0.05, 0.1) is 19.6 Å². The summed E-state index contributed by atoms with van der Waals surface area (Å²) in [6.45, 7) is 3.84. The van der Waals surface area contributed by atoms with Gasteiger partial charge in [0.15, 0.2) is 0 Å². The molecule has 0 aliphatic rings. The van der Waals surface area contributed by atoms with Crippen LogP contribution in [0.2, 0.25) is 0 Å². The highest BCUT2D eigenvalue weighted by molar-refractivity contribution is 5.83. The third-order valence-corrected chi connectivity index (χ3v) is 4.96. The van der Waals surface area contributed by atoms with Crippen molar-refractivity contribution in [1.82, 2.24) is 4.90 Å². The lowest BCUT2D eigenvalue weighted by Gasteiger charge is -2.19. The Morgan fingerprint density at radius 2 is 1.32 bits per heavy atom. The molecule has 0 aliphatic carbocycles. The van der Waals surface area contributed by atoms with Crippen molar-refractivity contribution in [3.05, 3.63) is 89.5 Å². The van der Waals surface area contributed by atoms with Crippen molar-refractivity contribution in [3.63, 3.8) is 0 Å². The standard InChI is InChI=1S/C27H28N4O3/c32-25-9-5-6-22(18-25)19-28-12-15-31(16-13-29-20-23-7-1-3-10-26(23)33)17-14-30-21-24-8-2-4-11-27(24)34/h1,3,5-11,18-21,32-34H,12-17H2. The zero-order chi connectivity index (χ0) is 24.0. The van der Waals surface area contributed by atoms with Gasteiger partial charge >= 0.3 is 0 Å². The minimum Gasteiger partial charge on any atom is -0.508 e. The first-order valence-corrected chi connectivity index (χ1v) is 11.0. The molecule has 3 N–H and O–H groups in total. The number of rotatable bonds is 12. The van der Waals surface area contributed by atoms with Crippen LogP contribution in [0.15, 0.2) is 75.6 Å². The summed E-state index contributed by atoms with van der Waals surface area (Å²) < 4.78 is 0. The van der Waals surface area contributed by atoms with E-state index in [4.69, 9.17) is 0 Å². The summed E-state index contributed by atoms with van der Waals surface area (Å²) in [5.74, 6) is 0.544. The number of aliphatic imine (C=N–C) groups is 3. The Hall–Kier alpha value is -4.15. The van der Waals surface area contributed by atoms with Crippen molar-refractivity contribution in [2.75, 3.05) is 39.3 Å². The van der Waals surface area contributed by atoms with E-state index >= 15 is 0 Å². The van der Waals surface area contributed by atoms with E-state index in [0.29, 0.717) is 43.9 Å². The third-order valence-electron chi connectivity index (χ3n) is 4.96. The van der Waals surface area contributed by atoms with Gasteiger partial charge in [-0.1, -0.05) is 36.4 Å². The average Bonchev–Trinajstić information content (AvgIpc) is 2.83. The predicted molar refractivity (Wildman–Crippen MR) is 136 cm³/mol. The first-order chi connectivity index (χ1) is 16.6. The minimum atomic E-state index is 0.124. The second-order valence-corrected chi connectivity index (χ2v) is 7.52. The van der Waals surface area contributed by atoms with Crippen LogP contribution in [0.5, 0.6) is 17.2 Å². The molecule has 0 aromatic heterocycles. The molecule has 7 heteroatoms. The van der Waals surface area contributed by atoms with Gasteiger partial charge in [0.2, 0.25) is 0 Å². The first kappa shape index (κ1) is 24.5. The lowest BCUT2D eigenvalue weighted by molar-refractivity contribution is 0.298. The molecule has 0 heterocycles. The summed E-state index contributed by atoms with van der Waals surface area (Å²) in [6.07, 6.45) is 5.06.